The Kier molecular flexibility index (Phi) is 3.74. The number of aryl methyl sites for hydroxylation is 2. The number of amides is 1. The van der Waals surface area contributed by atoms with E-state index in [1.807, 2.05) is 47.0 Å². The predicted molar refractivity (Wildman–Crippen MR) is 82.3 cm³/mol. The highest BCUT2D eigenvalue weighted by Gasteiger charge is 2.11. The maximum absolute atomic E-state index is 11.8. The van der Waals surface area contributed by atoms with Crippen molar-refractivity contribution in [1.29, 1.82) is 0 Å². The van der Waals surface area contributed by atoms with Gasteiger partial charge in [-0.2, -0.15) is 10.2 Å². The van der Waals surface area contributed by atoms with Gasteiger partial charge in [0.05, 0.1) is 24.9 Å². The van der Waals surface area contributed by atoms with E-state index >= 15 is 0 Å². The van der Waals surface area contributed by atoms with Crippen LogP contribution < -0.4 is 5.32 Å². The van der Waals surface area contributed by atoms with Gasteiger partial charge in [-0.1, -0.05) is 6.07 Å². The smallest absolute Gasteiger partial charge is 0.225 e. The molecule has 0 atom stereocenters. The van der Waals surface area contributed by atoms with E-state index < -0.39 is 0 Å². The molecule has 0 aliphatic rings. The van der Waals surface area contributed by atoms with E-state index in [2.05, 4.69) is 15.5 Å². The van der Waals surface area contributed by atoms with Gasteiger partial charge in [0, 0.05) is 18.5 Å². The molecule has 0 radical (unpaired) electrons. The molecular weight excluding hydrogens is 286 g/mol. The predicted octanol–water partition coefficient (Wildman–Crippen LogP) is 1.50. The first-order valence-corrected chi connectivity index (χ1v) is 7.67. The maximum Gasteiger partial charge on any atom is 0.225 e. The summed E-state index contributed by atoms with van der Waals surface area (Å²) in [6.45, 7) is 3.18. The molecule has 0 saturated carbocycles. The van der Waals surface area contributed by atoms with Gasteiger partial charge in [0.2, 0.25) is 5.91 Å². The van der Waals surface area contributed by atoms with Crippen LogP contribution in [-0.4, -0.2) is 32.0 Å². The van der Waals surface area contributed by atoms with Crippen LogP contribution >= 0.6 is 11.3 Å². The maximum atomic E-state index is 11.8. The van der Waals surface area contributed by atoms with Crippen molar-refractivity contribution in [2.45, 2.75) is 19.9 Å². The molecule has 21 heavy (non-hydrogen) atoms. The molecule has 0 spiro atoms. The lowest BCUT2D eigenvalue weighted by Crippen LogP contribution is -2.28. The molecule has 110 valence electrons. The van der Waals surface area contributed by atoms with Crippen molar-refractivity contribution in [2.75, 3.05) is 6.54 Å². The van der Waals surface area contributed by atoms with Crippen LogP contribution in [0.15, 0.2) is 23.7 Å². The van der Waals surface area contributed by atoms with Gasteiger partial charge in [-0.15, -0.1) is 11.3 Å². The molecule has 0 unspecified atom stereocenters. The summed E-state index contributed by atoms with van der Waals surface area (Å²) in [5.41, 5.74) is 3.00. The topological polar surface area (TPSA) is 64.7 Å². The number of nitrogens with zero attached hydrogens (tertiary/aromatic N) is 4. The second-order valence-corrected chi connectivity index (χ2v) is 5.95. The third-order valence-corrected chi connectivity index (χ3v) is 4.25. The molecule has 0 aliphatic carbocycles. The summed E-state index contributed by atoms with van der Waals surface area (Å²) >= 11 is 1.60. The lowest BCUT2D eigenvalue weighted by Gasteiger charge is -2.05. The van der Waals surface area contributed by atoms with E-state index in [9.17, 15) is 4.79 Å². The normalized spacial score (nSPS) is 11.1. The van der Waals surface area contributed by atoms with Crippen LogP contribution in [0.5, 0.6) is 0 Å². The van der Waals surface area contributed by atoms with Crippen LogP contribution in [0.3, 0.4) is 0 Å². The van der Waals surface area contributed by atoms with Gasteiger partial charge in [-0.25, -0.2) is 0 Å². The number of rotatable bonds is 5. The first-order chi connectivity index (χ1) is 10.1. The van der Waals surface area contributed by atoms with Crippen LogP contribution in [0.2, 0.25) is 0 Å². The van der Waals surface area contributed by atoms with E-state index in [1.165, 1.54) is 0 Å². The second-order valence-electron chi connectivity index (χ2n) is 4.92. The first kappa shape index (κ1) is 13.8. The first-order valence-electron chi connectivity index (χ1n) is 6.79. The standard InChI is InChI=1S/C14H17N5OS/c1-10-14-12(18(2)17-10)9-16-19(14)6-5-15-13(20)8-11-4-3-7-21-11/h3-4,7,9H,5-6,8H2,1-2H3,(H,15,20). The SMILES string of the molecule is Cc1nn(C)c2cnn(CCNC(=O)Cc3cccs3)c12. The molecule has 3 aromatic heterocycles. The fraction of sp³-hybridized carbons (Fsp3) is 0.357. The molecule has 6 nitrogen and oxygen atoms in total. The number of carbonyl (C=O) groups excluding carboxylic acids is 1. The third-order valence-electron chi connectivity index (χ3n) is 3.37. The van der Waals surface area contributed by atoms with Gasteiger partial charge in [0.25, 0.3) is 0 Å². The molecule has 3 rings (SSSR count). The van der Waals surface area contributed by atoms with Crippen LogP contribution in [0, 0.1) is 6.92 Å². The highest BCUT2D eigenvalue weighted by Crippen LogP contribution is 2.16. The van der Waals surface area contributed by atoms with Gasteiger partial charge >= 0.3 is 0 Å². The van der Waals surface area contributed by atoms with Crippen molar-refractivity contribution in [1.82, 2.24) is 24.9 Å². The Bertz CT molecular complexity index is 756. The zero-order chi connectivity index (χ0) is 14.8. The van der Waals surface area contributed by atoms with Crippen LogP contribution in [0.25, 0.3) is 11.0 Å². The number of carbonyl (C=O) groups is 1. The Morgan fingerprint density at radius 1 is 1.48 bits per heavy atom. The summed E-state index contributed by atoms with van der Waals surface area (Å²) in [5, 5.41) is 13.6. The molecule has 3 aromatic rings. The van der Waals surface area contributed by atoms with Crippen molar-refractivity contribution >= 4 is 28.3 Å². The van der Waals surface area contributed by atoms with Gasteiger partial charge < -0.3 is 5.32 Å². The van der Waals surface area contributed by atoms with Gasteiger partial charge in [0.1, 0.15) is 11.0 Å². The summed E-state index contributed by atoms with van der Waals surface area (Å²) in [4.78, 5) is 12.9. The quantitative estimate of drug-likeness (QED) is 0.777. The van der Waals surface area contributed by atoms with Crippen molar-refractivity contribution < 1.29 is 4.79 Å². The van der Waals surface area contributed by atoms with Crippen LogP contribution in [0.1, 0.15) is 10.6 Å². The monoisotopic (exact) mass is 303 g/mol. The van der Waals surface area contributed by atoms with Gasteiger partial charge in [0.15, 0.2) is 0 Å². The summed E-state index contributed by atoms with van der Waals surface area (Å²) in [5.74, 6) is 0.0451. The average Bonchev–Trinajstić information content (AvgIpc) is 3.12. The Morgan fingerprint density at radius 3 is 3.10 bits per heavy atom. The zero-order valence-corrected chi connectivity index (χ0v) is 12.9. The van der Waals surface area contributed by atoms with E-state index in [1.54, 1.807) is 11.3 Å². The number of aromatic nitrogens is 4. The molecule has 3 heterocycles. The Morgan fingerprint density at radius 2 is 2.33 bits per heavy atom. The van der Waals surface area contributed by atoms with E-state index in [0.717, 1.165) is 21.6 Å². The molecule has 1 amide bonds. The van der Waals surface area contributed by atoms with E-state index in [0.29, 0.717) is 19.5 Å². The molecule has 0 bridgehead atoms. The van der Waals surface area contributed by atoms with Crippen molar-refractivity contribution in [3.63, 3.8) is 0 Å². The number of nitrogens with one attached hydrogen (secondary N) is 1. The zero-order valence-electron chi connectivity index (χ0n) is 12.0. The average molecular weight is 303 g/mol. The number of hydrogen-bond donors (Lipinski definition) is 1. The summed E-state index contributed by atoms with van der Waals surface area (Å²) in [6, 6.07) is 3.93. The summed E-state index contributed by atoms with van der Waals surface area (Å²) in [7, 11) is 1.91. The lowest BCUT2D eigenvalue weighted by molar-refractivity contribution is -0.120. The third kappa shape index (κ3) is 2.82. The largest absolute Gasteiger partial charge is 0.354 e. The Labute approximate surface area is 126 Å². The minimum Gasteiger partial charge on any atom is -0.354 e. The lowest BCUT2D eigenvalue weighted by atomic mass is 10.3. The Balaban J connectivity index is 1.58. The Hall–Kier alpha value is -2.15. The fourth-order valence-corrected chi connectivity index (χ4v) is 3.12. The number of fused-ring (bicyclic) bond motifs is 1. The molecule has 0 aliphatic heterocycles. The molecule has 0 fully saturated rings. The van der Waals surface area contributed by atoms with Crippen LogP contribution in [-0.2, 0) is 24.8 Å². The summed E-state index contributed by atoms with van der Waals surface area (Å²) in [6.07, 6.45) is 2.25. The van der Waals surface area contributed by atoms with Gasteiger partial charge in [-0.3, -0.25) is 14.2 Å². The highest BCUT2D eigenvalue weighted by atomic mass is 32.1. The second kappa shape index (κ2) is 5.69. The van der Waals surface area contributed by atoms with Crippen molar-refractivity contribution in [2.24, 2.45) is 7.05 Å². The number of thiophene rings is 1. The van der Waals surface area contributed by atoms with E-state index in [-0.39, 0.29) is 5.91 Å². The molecule has 7 heteroatoms. The van der Waals surface area contributed by atoms with Crippen molar-refractivity contribution in [3.05, 3.63) is 34.3 Å². The van der Waals surface area contributed by atoms with E-state index in [4.69, 9.17) is 0 Å². The molecular formula is C14H17N5OS. The van der Waals surface area contributed by atoms with Crippen LogP contribution in [0.4, 0.5) is 0 Å². The number of hydrogen-bond acceptors (Lipinski definition) is 4. The summed E-state index contributed by atoms with van der Waals surface area (Å²) < 4.78 is 3.71. The molecule has 0 saturated heterocycles. The molecule has 1 N–H and O–H groups in total. The highest BCUT2D eigenvalue weighted by molar-refractivity contribution is 7.10. The fourth-order valence-electron chi connectivity index (χ4n) is 2.42. The minimum absolute atomic E-state index is 0.0451. The van der Waals surface area contributed by atoms with Gasteiger partial charge in [-0.05, 0) is 18.4 Å². The minimum atomic E-state index is 0.0451. The molecule has 0 aromatic carbocycles. The van der Waals surface area contributed by atoms with Crippen molar-refractivity contribution in [3.8, 4) is 0 Å².